The summed E-state index contributed by atoms with van der Waals surface area (Å²) in [6, 6.07) is 4.16. The maximum atomic E-state index is 12.0. The summed E-state index contributed by atoms with van der Waals surface area (Å²) < 4.78 is 0. The molecule has 0 radical (unpaired) electrons. The van der Waals surface area contributed by atoms with Gasteiger partial charge in [-0.05, 0) is 44.2 Å². The van der Waals surface area contributed by atoms with Gasteiger partial charge in [0.25, 0.3) is 0 Å². The Morgan fingerprint density at radius 1 is 1.05 bits per heavy atom. The SMILES string of the molecule is O=C(Nc1ccc(N2CCCCC2)nc1)NC1CCCCC1. The van der Waals surface area contributed by atoms with Crippen LogP contribution in [0, 0.1) is 0 Å². The monoisotopic (exact) mass is 302 g/mol. The molecule has 1 saturated heterocycles. The average Bonchev–Trinajstić information content (AvgIpc) is 2.57. The number of amides is 2. The third-order valence-electron chi connectivity index (χ3n) is 4.63. The standard InChI is InChI=1S/C17H26N4O/c22-17(19-14-7-3-1-4-8-14)20-15-9-10-16(18-13-15)21-11-5-2-6-12-21/h9-10,13-14H,1-8,11-12H2,(H2,19,20,22). The molecule has 0 aromatic carbocycles. The number of pyridine rings is 1. The molecule has 1 aliphatic carbocycles. The predicted octanol–water partition coefficient (Wildman–Crippen LogP) is 3.53. The minimum Gasteiger partial charge on any atom is -0.357 e. The van der Waals surface area contributed by atoms with Gasteiger partial charge in [-0.25, -0.2) is 9.78 Å². The van der Waals surface area contributed by atoms with E-state index in [0.717, 1.165) is 37.4 Å². The number of piperidine rings is 1. The average molecular weight is 302 g/mol. The third-order valence-corrected chi connectivity index (χ3v) is 4.63. The minimum absolute atomic E-state index is 0.112. The smallest absolute Gasteiger partial charge is 0.319 e. The van der Waals surface area contributed by atoms with Gasteiger partial charge in [-0.15, -0.1) is 0 Å². The third kappa shape index (κ3) is 4.12. The molecule has 1 aromatic rings. The molecule has 1 aromatic heterocycles. The summed E-state index contributed by atoms with van der Waals surface area (Å²) in [6.07, 6.45) is 11.5. The molecule has 0 spiro atoms. The zero-order valence-electron chi connectivity index (χ0n) is 13.2. The van der Waals surface area contributed by atoms with Gasteiger partial charge in [0.1, 0.15) is 5.82 Å². The lowest BCUT2D eigenvalue weighted by Gasteiger charge is -2.27. The molecule has 2 amide bonds. The van der Waals surface area contributed by atoms with Crippen molar-refractivity contribution in [1.29, 1.82) is 0 Å². The van der Waals surface area contributed by atoms with Gasteiger partial charge in [0.2, 0.25) is 0 Å². The normalized spacial score (nSPS) is 19.7. The second-order valence-corrected chi connectivity index (χ2v) is 6.39. The molecule has 0 atom stereocenters. The topological polar surface area (TPSA) is 57.3 Å². The fourth-order valence-electron chi connectivity index (χ4n) is 3.37. The second kappa shape index (κ2) is 7.47. The van der Waals surface area contributed by atoms with Crippen LogP contribution >= 0.6 is 0 Å². The molecule has 5 nitrogen and oxygen atoms in total. The Hall–Kier alpha value is -1.78. The minimum atomic E-state index is -0.112. The van der Waals surface area contributed by atoms with Crippen LogP contribution in [0.3, 0.4) is 0 Å². The summed E-state index contributed by atoms with van der Waals surface area (Å²) in [5.74, 6) is 1.01. The van der Waals surface area contributed by atoms with Crippen molar-refractivity contribution >= 4 is 17.5 Å². The van der Waals surface area contributed by atoms with Crippen molar-refractivity contribution in [1.82, 2.24) is 10.3 Å². The van der Waals surface area contributed by atoms with Gasteiger partial charge in [-0.1, -0.05) is 19.3 Å². The highest BCUT2D eigenvalue weighted by molar-refractivity contribution is 5.89. The summed E-state index contributed by atoms with van der Waals surface area (Å²) in [5, 5.41) is 5.95. The zero-order valence-corrected chi connectivity index (χ0v) is 13.2. The first kappa shape index (κ1) is 15.1. The van der Waals surface area contributed by atoms with Gasteiger partial charge >= 0.3 is 6.03 Å². The quantitative estimate of drug-likeness (QED) is 0.898. The first-order valence-electron chi connectivity index (χ1n) is 8.60. The van der Waals surface area contributed by atoms with E-state index in [-0.39, 0.29) is 6.03 Å². The molecule has 3 rings (SSSR count). The number of aromatic nitrogens is 1. The largest absolute Gasteiger partial charge is 0.357 e. The van der Waals surface area contributed by atoms with Crippen LogP contribution in [0.25, 0.3) is 0 Å². The first-order valence-corrected chi connectivity index (χ1v) is 8.60. The van der Waals surface area contributed by atoms with Crippen molar-refractivity contribution in [3.8, 4) is 0 Å². The van der Waals surface area contributed by atoms with Crippen LogP contribution in [0.2, 0.25) is 0 Å². The van der Waals surface area contributed by atoms with Crippen molar-refractivity contribution in [2.24, 2.45) is 0 Å². The van der Waals surface area contributed by atoms with E-state index in [4.69, 9.17) is 0 Å². The van der Waals surface area contributed by atoms with E-state index < -0.39 is 0 Å². The molecule has 1 saturated carbocycles. The molecule has 0 bridgehead atoms. The van der Waals surface area contributed by atoms with Gasteiger partial charge in [0.15, 0.2) is 0 Å². The number of nitrogens with zero attached hydrogens (tertiary/aromatic N) is 2. The summed E-state index contributed by atoms with van der Waals surface area (Å²) in [5.41, 5.74) is 0.758. The van der Waals surface area contributed by atoms with Gasteiger partial charge < -0.3 is 15.5 Å². The van der Waals surface area contributed by atoms with E-state index in [9.17, 15) is 4.79 Å². The van der Waals surface area contributed by atoms with E-state index in [1.165, 1.54) is 38.5 Å². The maximum absolute atomic E-state index is 12.0. The van der Waals surface area contributed by atoms with Crippen LogP contribution < -0.4 is 15.5 Å². The van der Waals surface area contributed by atoms with E-state index in [1.54, 1.807) is 6.20 Å². The number of carbonyl (C=O) groups excluding carboxylic acids is 1. The molecule has 2 heterocycles. The van der Waals surface area contributed by atoms with E-state index >= 15 is 0 Å². The molecule has 120 valence electrons. The predicted molar refractivity (Wildman–Crippen MR) is 89.3 cm³/mol. The second-order valence-electron chi connectivity index (χ2n) is 6.39. The number of urea groups is 1. The fraction of sp³-hybridized carbons (Fsp3) is 0.647. The molecule has 2 N–H and O–H groups in total. The van der Waals surface area contributed by atoms with Crippen LogP contribution in [0.1, 0.15) is 51.4 Å². The van der Waals surface area contributed by atoms with Crippen LogP contribution in [-0.2, 0) is 0 Å². The molecule has 5 heteroatoms. The van der Waals surface area contributed by atoms with Crippen molar-refractivity contribution < 1.29 is 4.79 Å². The van der Waals surface area contributed by atoms with Crippen molar-refractivity contribution in [2.75, 3.05) is 23.3 Å². The highest BCUT2D eigenvalue weighted by Crippen LogP contribution is 2.20. The molecular formula is C17H26N4O. The summed E-state index contributed by atoms with van der Waals surface area (Å²) in [6.45, 7) is 2.17. The number of anilines is 2. The Bertz CT molecular complexity index is 476. The number of hydrogen-bond donors (Lipinski definition) is 2. The Balaban J connectivity index is 1.50. The Morgan fingerprint density at radius 2 is 1.77 bits per heavy atom. The Labute approximate surface area is 132 Å². The van der Waals surface area contributed by atoms with Crippen molar-refractivity contribution in [2.45, 2.75) is 57.4 Å². The Morgan fingerprint density at radius 3 is 2.45 bits per heavy atom. The molecular weight excluding hydrogens is 276 g/mol. The summed E-state index contributed by atoms with van der Waals surface area (Å²) in [7, 11) is 0. The lowest BCUT2D eigenvalue weighted by atomic mass is 9.96. The lowest BCUT2D eigenvalue weighted by Crippen LogP contribution is -2.39. The molecule has 2 aliphatic rings. The highest BCUT2D eigenvalue weighted by Gasteiger charge is 2.16. The first-order chi connectivity index (χ1) is 10.8. The molecule has 0 unspecified atom stereocenters. The van der Waals surface area contributed by atoms with Crippen molar-refractivity contribution in [3.63, 3.8) is 0 Å². The number of nitrogens with one attached hydrogen (secondary N) is 2. The molecule has 22 heavy (non-hydrogen) atoms. The lowest BCUT2D eigenvalue weighted by molar-refractivity contribution is 0.244. The van der Waals surface area contributed by atoms with Crippen molar-refractivity contribution in [3.05, 3.63) is 18.3 Å². The van der Waals surface area contributed by atoms with E-state index in [1.807, 2.05) is 12.1 Å². The number of carbonyl (C=O) groups is 1. The van der Waals surface area contributed by atoms with Gasteiger partial charge in [0, 0.05) is 19.1 Å². The maximum Gasteiger partial charge on any atom is 0.319 e. The zero-order chi connectivity index (χ0) is 15.2. The van der Waals surface area contributed by atoms with E-state index in [0.29, 0.717) is 6.04 Å². The van der Waals surface area contributed by atoms with Crippen LogP contribution in [0.15, 0.2) is 18.3 Å². The number of hydrogen-bond acceptors (Lipinski definition) is 3. The van der Waals surface area contributed by atoms with Gasteiger partial charge in [-0.2, -0.15) is 0 Å². The highest BCUT2D eigenvalue weighted by atomic mass is 16.2. The van der Waals surface area contributed by atoms with Gasteiger partial charge in [0.05, 0.1) is 11.9 Å². The number of rotatable bonds is 3. The van der Waals surface area contributed by atoms with Crippen LogP contribution in [-0.4, -0.2) is 30.1 Å². The summed E-state index contributed by atoms with van der Waals surface area (Å²) >= 11 is 0. The molecule has 1 aliphatic heterocycles. The molecule has 2 fully saturated rings. The van der Waals surface area contributed by atoms with Crippen LogP contribution in [0.5, 0.6) is 0 Å². The summed E-state index contributed by atoms with van der Waals surface area (Å²) in [4.78, 5) is 18.8. The van der Waals surface area contributed by atoms with E-state index in [2.05, 4.69) is 20.5 Å². The van der Waals surface area contributed by atoms with Gasteiger partial charge in [-0.3, -0.25) is 0 Å². The van der Waals surface area contributed by atoms with Crippen LogP contribution in [0.4, 0.5) is 16.3 Å². The fourth-order valence-corrected chi connectivity index (χ4v) is 3.37. The Kier molecular flexibility index (Phi) is 5.14.